The maximum absolute atomic E-state index is 12.4. The lowest BCUT2D eigenvalue weighted by molar-refractivity contribution is -0.135. The van der Waals surface area contributed by atoms with E-state index in [1.54, 1.807) is 4.90 Å². The van der Waals surface area contributed by atoms with E-state index in [1.807, 2.05) is 31.2 Å². The summed E-state index contributed by atoms with van der Waals surface area (Å²) in [6, 6.07) is 9.53. The van der Waals surface area contributed by atoms with Crippen LogP contribution in [0.2, 0.25) is 0 Å². The third-order valence-electron chi connectivity index (χ3n) is 5.06. The lowest BCUT2D eigenvalue weighted by Gasteiger charge is -2.23. The summed E-state index contributed by atoms with van der Waals surface area (Å²) < 4.78 is 0. The van der Waals surface area contributed by atoms with Gasteiger partial charge in [-0.05, 0) is 49.3 Å². The van der Waals surface area contributed by atoms with Crippen LogP contribution in [0, 0.1) is 17.2 Å². The minimum atomic E-state index is -0.371. The standard InChI is InChI=1S/C21H28N4O3/c1-17-11-20(12-22)25(13-17)21(28)14-24(16-27)10-4-2-3-5-18-6-8-19(9-7-18)23-15-26/h6-9,15-17,20H,2-5,10-11,13-14H2,1H3,(H,23,26). The fourth-order valence-corrected chi connectivity index (χ4v) is 3.53. The Morgan fingerprint density at radius 2 is 2.04 bits per heavy atom. The summed E-state index contributed by atoms with van der Waals surface area (Å²) in [5.74, 6) is 0.175. The van der Waals surface area contributed by atoms with Crippen LogP contribution < -0.4 is 5.32 Å². The average Bonchev–Trinajstić information content (AvgIpc) is 3.09. The molecule has 0 radical (unpaired) electrons. The van der Waals surface area contributed by atoms with E-state index >= 15 is 0 Å². The number of amides is 3. The van der Waals surface area contributed by atoms with E-state index in [0.717, 1.165) is 37.8 Å². The van der Waals surface area contributed by atoms with Crippen LogP contribution in [-0.2, 0) is 20.8 Å². The molecule has 0 aliphatic carbocycles. The molecule has 7 heteroatoms. The van der Waals surface area contributed by atoms with Crippen molar-refractivity contribution in [1.82, 2.24) is 9.80 Å². The third kappa shape index (κ3) is 6.38. The van der Waals surface area contributed by atoms with Gasteiger partial charge in [0.25, 0.3) is 0 Å². The number of carbonyl (C=O) groups excluding carboxylic acids is 3. The van der Waals surface area contributed by atoms with Gasteiger partial charge < -0.3 is 15.1 Å². The molecule has 0 aromatic heterocycles. The molecule has 1 aromatic rings. The Hall–Kier alpha value is -2.88. The molecule has 1 heterocycles. The highest BCUT2D eigenvalue weighted by Gasteiger charge is 2.33. The second-order valence-electron chi connectivity index (χ2n) is 7.38. The van der Waals surface area contributed by atoms with Crippen molar-refractivity contribution in [3.8, 4) is 6.07 Å². The first kappa shape index (κ1) is 21.4. The number of nitrogens with one attached hydrogen (secondary N) is 1. The highest BCUT2D eigenvalue weighted by atomic mass is 16.2. The summed E-state index contributed by atoms with van der Waals surface area (Å²) in [4.78, 5) is 37.2. The van der Waals surface area contributed by atoms with Crippen LogP contribution in [0.3, 0.4) is 0 Å². The van der Waals surface area contributed by atoms with Crippen molar-refractivity contribution in [3.63, 3.8) is 0 Å². The molecule has 1 saturated heterocycles. The highest BCUT2D eigenvalue weighted by Crippen LogP contribution is 2.22. The van der Waals surface area contributed by atoms with Crippen molar-refractivity contribution in [2.75, 3.05) is 25.0 Å². The molecule has 0 spiro atoms. The van der Waals surface area contributed by atoms with Crippen LogP contribution in [0.5, 0.6) is 0 Å². The molecule has 2 rings (SSSR count). The van der Waals surface area contributed by atoms with Gasteiger partial charge in [0.2, 0.25) is 18.7 Å². The van der Waals surface area contributed by atoms with E-state index in [-0.39, 0.29) is 18.5 Å². The van der Waals surface area contributed by atoms with Gasteiger partial charge >= 0.3 is 0 Å². The zero-order chi connectivity index (χ0) is 20.4. The molecule has 0 bridgehead atoms. The predicted molar refractivity (Wildman–Crippen MR) is 106 cm³/mol. The smallest absolute Gasteiger partial charge is 0.243 e. The largest absolute Gasteiger partial charge is 0.336 e. The number of benzene rings is 1. The number of carbonyl (C=O) groups is 3. The summed E-state index contributed by atoms with van der Waals surface area (Å²) >= 11 is 0. The molecule has 0 saturated carbocycles. The number of hydrogen-bond donors (Lipinski definition) is 1. The SMILES string of the molecule is CC1CC(C#N)N(C(=O)CN(C=O)CCCCCc2ccc(NC=O)cc2)C1. The molecule has 3 amide bonds. The number of likely N-dealkylation sites (tertiary alicyclic amines) is 1. The topological polar surface area (TPSA) is 93.5 Å². The Bertz CT molecular complexity index is 699. The van der Waals surface area contributed by atoms with E-state index in [2.05, 4.69) is 11.4 Å². The summed E-state index contributed by atoms with van der Waals surface area (Å²) in [5, 5.41) is 11.8. The number of aryl methyl sites for hydroxylation is 1. The molecule has 1 aliphatic rings. The van der Waals surface area contributed by atoms with Crippen molar-refractivity contribution in [2.24, 2.45) is 5.92 Å². The Morgan fingerprint density at radius 3 is 2.68 bits per heavy atom. The van der Waals surface area contributed by atoms with Gasteiger partial charge in [0, 0.05) is 18.8 Å². The second-order valence-corrected chi connectivity index (χ2v) is 7.38. The maximum atomic E-state index is 12.4. The van der Waals surface area contributed by atoms with Crippen LogP contribution in [0.1, 0.15) is 38.2 Å². The highest BCUT2D eigenvalue weighted by molar-refractivity contribution is 5.81. The van der Waals surface area contributed by atoms with Crippen LogP contribution in [0.15, 0.2) is 24.3 Å². The van der Waals surface area contributed by atoms with Gasteiger partial charge in [0.15, 0.2) is 0 Å². The predicted octanol–water partition coefficient (Wildman–Crippen LogP) is 2.19. The zero-order valence-corrected chi connectivity index (χ0v) is 16.3. The van der Waals surface area contributed by atoms with Gasteiger partial charge in [-0.3, -0.25) is 14.4 Å². The Morgan fingerprint density at radius 1 is 1.29 bits per heavy atom. The van der Waals surface area contributed by atoms with Crippen molar-refractivity contribution in [1.29, 1.82) is 5.26 Å². The molecule has 1 aromatic carbocycles. The summed E-state index contributed by atoms with van der Waals surface area (Å²) in [6.07, 6.45) is 5.78. The number of rotatable bonds is 11. The number of nitriles is 1. The van der Waals surface area contributed by atoms with Crippen LogP contribution in [0.4, 0.5) is 5.69 Å². The molecule has 7 nitrogen and oxygen atoms in total. The van der Waals surface area contributed by atoms with Gasteiger partial charge in [-0.15, -0.1) is 0 Å². The lowest BCUT2D eigenvalue weighted by Crippen LogP contribution is -2.42. The summed E-state index contributed by atoms with van der Waals surface area (Å²) in [7, 11) is 0. The monoisotopic (exact) mass is 384 g/mol. The lowest BCUT2D eigenvalue weighted by atomic mass is 10.1. The molecular formula is C21H28N4O3. The van der Waals surface area contributed by atoms with Gasteiger partial charge in [-0.1, -0.05) is 25.5 Å². The average molecular weight is 384 g/mol. The van der Waals surface area contributed by atoms with E-state index in [9.17, 15) is 19.6 Å². The molecule has 28 heavy (non-hydrogen) atoms. The minimum absolute atomic E-state index is 0.0413. The molecule has 1 N–H and O–H groups in total. The maximum Gasteiger partial charge on any atom is 0.243 e. The molecule has 2 unspecified atom stereocenters. The number of hydrogen-bond acceptors (Lipinski definition) is 4. The minimum Gasteiger partial charge on any atom is -0.336 e. The van der Waals surface area contributed by atoms with E-state index in [1.165, 1.54) is 10.5 Å². The van der Waals surface area contributed by atoms with Crippen LogP contribution >= 0.6 is 0 Å². The number of unbranched alkanes of at least 4 members (excludes halogenated alkanes) is 2. The van der Waals surface area contributed by atoms with Crippen molar-refractivity contribution < 1.29 is 14.4 Å². The zero-order valence-electron chi connectivity index (χ0n) is 16.3. The Balaban J connectivity index is 1.68. The molecule has 1 fully saturated rings. The molecule has 150 valence electrons. The Kier molecular flexibility index (Phi) is 8.47. The molecule has 1 aliphatic heterocycles. The number of nitrogens with zero attached hydrogens (tertiary/aromatic N) is 3. The van der Waals surface area contributed by atoms with Crippen molar-refractivity contribution in [3.05, 3.63) is 29.8 Å². The van der Waals surface area contributed by atoms with Crippen LogP contribution in [-0.4, -0.2) is 54.2 Å². The third-order valence-corrected chi connectivity index (χ3v) is 5.06. The number of anilines is 1. The Labute approximate surface area is 166 Å². The van der Waals surface area contributed by atoms with Crippen molar-refractivity contribution in [2.45, 2.75) is 45.1 Å². The van der Waals surface area contributed by atoms with E-state index in [0.29, 0.717) is 31.8 Å². The van der Waals surface area contributed by atoms with Gasteiger partial charge in [0.05, 0.1) is 12.6 Å². The molecular weight excluding hydrogens is 356 g/mol. The normalized spacial score (nSPS) is 18.4. The van der Waals surface area contributed by atoms with E-state index < -0.39 is 0 Å². The van der Waals surface area contributed by atoms with Crippen molar-refractivity contribution >= 4 is 24.4 Å². The first-order chi connectivity index (χ1) is 13.6. The summed E-state index contributed by atoms with van der Waals surface area (Å²) in [6.45, 7) is 3.20. The van der Waals surface area contributed by atoms with Gasteiger partial charge in [-0.2, -0.15) is 5.26 Å². The fourth-order valence-electron chi connectivity index (χ4n) is 3.53. The first-order valence-electron chi connectivity index (χ1n) is 9.75. The fraction of sp³-hybridized carbons (Fsp3) is 0.524. The second kappa shape index (κ2) is 11.1. The van der Waals surface area contributed by atoms with Gasteiger partial charge in [-0.25, -0.2) is 0 Å². The summed E-state index contributed by atoms with van der Waals surface area (Å²) in [5.41, 5.74) is 1.97. The first-order valence-corrected chi connectivity index (χ1v) is 9.75. The molecule has 2 atom stereocenters. The quantitative estimate of drug-likeness (QED) is 0.467. The van der Waals surface area contributed by atoms with Gasteiger partial charge in [0.1, 0.15) is 6.04 Å². The van der Waals surface area contributed by atoms with Crippen LogP contribution in [0.25, 0.3) is 0 Å². The van der Waals surface area contributed by atoms with E-state index in [4.69, 9.17) is 0 Å².